The van der Waals surface area contributed by atoms with E-state index in [9.17, 15) is 0 Å². The monoisotopic (exact) mass is 689 g/mol. The van der Waals surface area contributed by atoms with Crippen molar-refractivity contribution in [1.29, 1.82) is 0 Å². The number of nitrogens with zero attached hydrogens (tertiary/aromatic N) is 5. The molecule has 0 bridgehead atoms. The molecule has 0 aliphatic heterocycles. The molecule has 0 fully saturated rings. The molecule has 0 unspecified atom stereocenters. The Morgan fingerprint density at radius 3 is 1.70 bits per heavy atom. The predicted molar refractivity (Wildman–Crippen MR) is 222 cm³/mol. The lowest BCUT2D eigenvalue weighted by molar-refractivity contribution is 1.09. The molecule has 11 aromatic rings. The Bertz CT molecular complexity index is 3210. The number of hydrogen-bond donors (Lipinski definition) is 0. The van der Waals surface area contributed by atoms with Gasteiger partial charge in [0.25, 0.3) is 0 Å². The Morgan fingerprint density at radius 2 is 0.963 bits per heavy atom. The number of para-hydroxylation sites is 2. The summed E-state index contributed by atoms with van der Waals surface area (Å²) in [6.45, 7) is 0. The van der Waals surface area contributed by atoms with E-state index in [4.69, 9.17) is 9.97 Å². The van der Waals surface area contributed by atoms with E-state index < -0.39 is 0 Å². The van der Waals surface area contributed by atoms with E-state index in [-0.39, 0.29) is 0 Å². The number of hydrogen-bond acceptors (Lipinski definition) is 3. The van der Waals surface area contributed by atoms with E-state index in [1.165, 1.54) is 32.7 Å². The van der Waals surface area contributed by atoms with Crippen molar-refractivity contribution in [3.8, 4) is 45.4 Å². The Morgan fingerprint density at radius 1 is 0.370 bits per heavy atom. The van der Waals surface area contributed by atoms with Gasteiger partial charge in [0.2, 0.25) is 0 Å². The molecule has 7 aromatic carbocycles. The molecule has 0 saturated carbocycles. The fraction of sp³-hybridized carbons (Fsp3) is 0. The summed E-state index contributed by atoms with van der Waals surface area (Å²) < 4.78 is 4.83. The Labute approximate surface area is 311 Å². The lowest BCUT2D eigenvalue weighted by Gasteiger charge is -2.15. The molecule has 0 atom stereocenters. The molecule has 0 N–H and O–H groups in total. The van der Waals surface area contributed by atoms with Crippen LogP contribution in [0.3, 0.4) is 0 Å². The minimum absolute atomic E-state index is 0.672. The summed E-state index contributed by atoms with van der Waals surface area (Å²) in [6, 6.07) is 64.2. The van der Waals surface area contributed by atoms with Gasteiger partial charge in [-0.1, -0.05) is 146 Å². The van der Waals surface area contributed by atoms with Crippen molar-refractivity contribution in [2.45, 2.75) is 0 Å². The third kappa shape index (κ3) is 4.69. The first kappa shape index (κ1) is 30.3. The van der Waals surface area contributed by atoms with Gasteiger partial charge < -0.3 is 4.57 Å². The molecule has 252 valence electrons. The standard InChI is InChI=1S/C49H31N5/c1-3-14-32(15-4-1)34-19-13-20-36(30-34)53-44-24-11-9-22-38(44)40-26-27-41-39-23-10-12-25-45(39)54(47(41)46(40)53)49-37-21-8-7-18-35(37)31-43(52-49)42-28-29-50-48(51-42)33-16-5-2-6-17-33/h1-31H. The van der Waals surface area contributed by atoms with E-state index in [1.807, 2.05) is 42.6 Å². The Balaban J connectivity index is 1.26. The number of benzene rings is 7. The maximum Gasteiger partial charge on any atom is 0.159 e. The van der Waals surface area contributed by atoms with E-state index in [0.29, 0.717) is 5.82 Å². The molecule has 11 rings (SSSR count). The molecule has 54 heavy (non-hydrogen) atoms. The minimum atomic E-state index is 0.672. The van der Waals surface area contributed by atoms with Crippen LogP contribution in [0.25, 0.3) is 99.8 Å². The Kier molecular flexibility index (Phi) is 6.79. The van der Waals surface area contributed by atoms with Crippen LogP contribution < -0.4 is 0 Å². The van der Waals surface area contributed by atoms with Crippen molar-refractivity contribution in [2.24, 2.45) is 0 Å². The smallest absolute Gasteiger partial charge is 0.159 e. The van der Waals surface area contributed by atoms with E-state index in [1.54, 1.807) is 0 Å². The average Bonchev–Trinajstić information content (AvgIpc) is 3.77. The molecular weight excluding hydrogens is 659 g/mol. The van der Waals surface area contributed by atoms with Gasteiger partial charge in [0, 0.05) is 44.4 Å². The van der Waals surface area contributed by atoms with Gasteiger partial charge in [-0.3, -0.25) is 4.57 Å². The largest absolute Gasteiger partial charge is 0.307 e. The van der Waals surface area contributed by atoms with Crippen molar-refractivity contribution < 1.29 is 0 Å². The molecule has 0 spiro atoms. The normalized spacial score (nSPS) is 11.7. The fourth-order valence-corrected chi connectivity index (χ4v) is 8.15. The van der Waals surface area contributed by atoms with Crippen LogP contribution in [0.5, 0.6) is 0 Å². The van der Waals surface area contributed by atoms with Crippen molar-refractivity contribution in [2.75, 3.05) is 0 Å². The highest BCUT2D eigenvalue weighted by molar-refractivity contribution is 6.24. The summed E-state index contributed by atoms with van der Waals surface area (Å²) in [4.78, 5) is 15.2. The average molecular weight is 690 g/mol. The SMILES string of the molecule is c1ccc(-c2cccc(-n3c4ccccc4c4ccc5c6ccccc6n(-c6nc(-c7ccnc(-c8ccccc8)n7)cc7ccccc67)c5c43)c2)cc1. The van der Waals surface area contributed by atoms with Crippen molar-refractivity contribution >= 4 is 54.4 Å². The number of aromatic nitrogens is 5. The van der Waals surface area contributed by atoms with Gasteiger partial charge in [-0.25, -0.2) is 15.0 Å². The number of rotatable bonds is 5. The second-order valence-electron chi connectivity index (χ2n) is 13.7. The quantitative estimate of drug-likeness (QED) is 0.181. The first-order valence-corrected chi connectivity index (χ1v) is 18.2. The highest BCUT2D eigenvalue weighted by Gasteiger charge is 2.23. The molecule has 5 heteroatoms. The molecule has 4 heterocycles. The van der Waals surface area contributed by atoms with Gasteiger partial charge >= 0.3 is 0 Å². The van der Waals surface area contributed by atoms with Crippen LogP contribution in [0.15, 0.2) is 188 Å². The van der Waals surface area contributed by atoms with Crippen molar-refractivity contribution in [3.05, 3.63) is 188 Å². The first-order chi connectivity index (χ1) is 26.8. The molecule has 0 amide bonds. The third-order valence-electron chi connectivity index (χ3n) is 10.6. The predicted octanol–water partition coefficient (Wildman–Crippen LogP) is 12.2. The maximum absolute atomic E-state index is 5.53. The Hall–Kier alpha value is -7.37. The number of pyridine rings is 1. The summed E-state index contributed by atoms with van der Waals surface area (Å²) in [5, 5.41) is 6.90. The molecule has 5 nitrogen and oxygen atoms in total. The van der Waals surface area contributed by atoms with Crippen LogP contribution in [-0.2, 0) is 0 Å². The zero-order chi connectivity index (χ0) is 35.6. The summed E-state index contributed by atoms with van der Waals surface area (Å²) >= 11 is 0. The van der Waals surface area contributed by atoms with Crippen LogP contribution in [0.4, 0.5) is 0 Å². The summed E-state index contributed by atoms with van der Waals surface area (Å²) in [5.41, 5.74) is 10.5. The van der Waals surface area contributed by atoms with Gasteiger partial charge in [-0.15, -0.1) is 0 Å². The summed E-state index contributed by atoms with van der Waals surface area (Å²) in [5.74, 6) is 1.53. The van der Waals surface area contributed by atoms with Crippen LogP contribution in [-0.4, -0.2) is 24.1 Å². The molecule has 4 aromatic heterocycles. The van der Waals surface area contributed by atoms with E-state index in [2.05, 4.69) is 160 Å². The van der Waals surface area contributed by atoms with Gasteiger partial charge in [0.15, 0.2) is 5.82 Å². The zero-order valence-corrected chi connectivity index (χ0v) is 29.1. The van der Waals surface area contributed by atoms with Crippen LogP contribution in [0.1, 0.15) is 0 Å². The lowest BCUT2D eigenvalue weighted by Crippen LogP contribution is -2.03. The second kappa shape index (κ2) is 12.1. The minimum Gasteiger partial charge on any atom is -0.307 e. The summed E-state index contributed by atoms with van der Waals surface area (Å²) in [7, 11) is 0. The van der Waals surface area contributed by atoms with Gasteiger partial charge in [-0.05, 0) is 52.9 Å². The fourth-order valence-electron chi connectivity index (χ4n) is 8.15. The lowest BCUT2D eigenvalue weighted by atomic mass is 10.1. The van der Waals surface area contributed by atoms with Gasteiger partial charge in [0.05, 0.1) is 33.5 Å². The molecule has 0 saturated heterocycles. The second-order valence-corrected chi connectivity index (χ2v) is 13.7. The zero-order valence-electron chi connectivity index (χ0n) is 29.1. The molecule has 0 aliphatic carbocycles. The highest BCUT2D eigenvalue weighted by atomic mass is 15.1. The molecule has 0 radical (unpaired) electrons. The first-order valence-electron chi connectivity index (χ1n) is 18.2. The van der Waals surface area contributed by atoms with Crippen LogP contribution >= 0.6 is 0 Å². The van der Waals surface area contributed by atoms with E-state index >= 15 is 0 Å². The van der Waals surface area contributed by atoms with Gasteiger partial charge in [-0.2, -0.15) is 0 Å². The third-order valence-corrected chi connectivity index (χ3v) is 10.6. The number of fused-ring (bicyclic) bond motifs is 8. The van der Waals surface area contributed by atoms with Crippen molar-refractivity contribution in [3.63, 3.8) is 0 Å². The maximum atomic E-state index is 5.53. The topological polar surface area (TPSA) is 48.5 Å². The van der Waals surface area contributed by atoms with Crippen molar-refractivity contribution in [1.82, 2.24) is 24.1 Å². The van der Waals surface area contributed by atoms with Crippen LogP contribution in [0, 0.1) is 0 Å². The summed E-state index contributed by atoms with van der Waals surface area (Å²) in [6.07, 6.45) is 1.83. The molecular formula is C49H31N5. The van der Waals surface area contributed by atoms with Crippen LogP contribution in [0.2, 0.25) is 0 Å². The van der Waals surface area contributed by atoms with Gasteiger partial charge in [0.1, 0.15) is 5.82 Å². The highest BCUT2D eigenvalue weighted by Crippen LogP contribution is 2.43. The van der Waals surface area contributed by atoms with E-state index in [0.717, 1.165) is 61.3 Å². The molecule has 0 aliphatic rings.